The Hall–Kier alpha value is -7.22. The van der Waals surface area contributed by atoms with Gasteiger partial charge in [0.1, 0.15) is 0 Å². The molecular formula is C55H37N. The number of rotatable bonds is 6. The summed E-state index contributed by atoms with van der Waals surface area (Å²) in [4.78, 5) is 2.53. The molecule has 1 nitrogen and oxygen atoms in total. The maximum atomic E-state index is 2.53. The van der Waals surface area contributed by atoms with Crippen LogP contribution in [-0.2, 0) is 5.41 Å². The third kappa shape index (κ3) is 4.81. The highest BCUT2D eigenvalue weighted by Crippen LogP contribution is 2.60. The number of hydrogen-bond acceptors (Lipinski definition) is 1. The number of fused-ring (bicyclic) bond motifs is 7. The number of nitrogens with zero attached hydrogens (tertiary/aromatic N) is 1. The first kappa shape index (κ1) is 32.2. The van der Waals surface area contributed by atoms with Gasteiger partial charge in [-0.05, 0) is 90.1 Å². The van der Waals surface area contributed by atoms with Crippen LogP contribution in [0.15, 0.2) is 224 Å². The molecule has 1 heteroatoms. The van der Waals surface area contributed by atoms with Gasteiger partial charge in [-0.3, -0.25) is 0 Å². The molecule has 0 radical (unpaired) electrons. The molecule has 0 spiro atoms. The molecule has 0 amide bonds. The van der Waals surface area contributed by atoms with Crippen LogP contribution in [0.2, 0.25) is 0 Å². The maximum Gasteiger partial charge on any atom is 0.0714 e. The topological polar surface area (TPSA) is 3.24 Å². The second kappa shape index (κ2) is 13.0. The fourth-order valence-electron chi connectivity index (χ4n) is 9.58. The molecule has 1 aliphatic rings. The molecule has 0 aromatic heterocycles. The molecule has 0 saturated heterocycles. The molecule has 1 aliphatic carbocycles. The SMILES string of the molecule is c1ccc(C2(c3ccccc3)c3ccccc3-c3c(N(c4cccc(-c5cccc6ccccc56)c4)c4cc5ccccc5c5ccccc45)cccc32)cc1. The zero-order chi connectivity index (χ0) is 37.1. The molecule has 10 aromatic rings. The van der Waals surface area contributed by atoms with Gasteiger partial charge in [0.25, 0.3) is 0 Å². The van der Waals surface area contributed by atoms with E-state index in [9.17, 15) is 0 Å². The van der Waals surface area contributed by atoms with Crippen LogP contribution in [0, 0.1) is 0 Å². The van der Waals surface area contributed by atoms with Crippen LogP contribution in [0.5, 0.6) is 0 Å². The van der Waals surface area contributed by atoms with Gasteiger partial charge in [-0.25, -0.2) is 0 Å². The van der Waals surface area contributed by atoms with Gasteiger partial charge in [0.05, 0.1) is 16.8 Å². The van der Waals surface area contributed by atoms with Crippen molar-refractivity contribution in [3.8, 4) is 22.3 Å². The predicted octanol–water partition coefficient (Wildman–Crippen LogP) is 14.6. The van der Waals surface area contributed by atoms with E-state index in [0.29, 0.717) is 0 Å². The standard InChI is InChI=1S/C55H37N/c1-3-22-41(23-4-1)55(42-24-5-2-6-25-42)50-33-14-13-31-49(50)54-51(55)34-17-35-52(54)56(53-37-40-19-8-10-28-46(40)47-29-11-12-30-48(47)53)43-26-15-21-39(36-43)45-32-16-20-38-18-7-9-27-44(38)45/h1-37H. The van der Waals surface area contributed by atoms with Crippen molar-refractivity contribution in [2.45, 2.75) is 5.41 Å². The van der Waals surface area contributed by atoms with Crippen molar-refractivity contribution in [3.63, 3.8) is 0 Å². The molecule has 0 unspecified atom stereocenters. The molecule has 0 saturated carbocycles. The molecule has 10 aromatic carbocycles. The van der Waals surface area contributed by atoms with Gasteiger partial charge in [-0.1, -0.05) is 200 Å². The first-order valence-electron chi connectivity index (χ1n) is 19.4. The summed E-state index contributed by atoms with van der Waals surface area (Å²) in [6.45, 7) is 0. The van der Waals surface area contributed by atoms with E-state index in [0.717, 1.165) is 17.1 Å². The van der Waals surface area contributed by atoms with E-state index in [1.165, 1.54) is 76.8 Å². The highest BCUT2D eigenvalue weighted by Gasteiger charge is 2.47. The summed E-state index contributed by atoms with van der Waals surface area (Å²) in [5.41, 5.74) is 12.9. The van der Waals surface area contributed by atoms with Crippen molar-refractivity contribution in [3.05, 3.63) is 247 Å². The van der Waals surface area contributed by atoms with Gasteiger partial charge in [0.15, 0.2) is 0 Å². The Morgan fingerprint density at radius 1 is 0.321 bits per heavy atom. The molecule has 0 bridgehead atoms. The van der Waals surface area contributed by atoms with Gasteiger partial charge in [0.2, 0.25) is 0 Å². The summed E-state index contributed by atoms with van der Waals surface area (Å²) < 4.78 is 0. The van der Waals surface area contributed by atoms with Crippen LogP contribution < -0.4 is 4.90 Å². The molecule has 0 N–H and O–H groups in total. The monoisotopic (exact) mass is 711 g/mol. The highest BCUT2D eigenvalue weighted by molar-refractivity contribution is 6.15. The summed E-state index contributed by atoms with van der Waals surface area (Å²) in [6.07, 6.45) is 0. The van der Waals surface area contributed by atoms with E-state index >= 15 is 0 Å². The molecule has 11 rings (SSSR count). The summed E-state index contributed by atoms with van der Waals surface area (Å²) >= 11 is 0. The molecular weight excluding hydrogens is 675 g/mol. The Morgan fingerprint density at radius 2 is 0.875 bits per heavy atom. The molecule has 0 fully saturated rings. The number of anilines is 3. The van der Waals surface area contributed by atoms with Crippen LogP contribution in [0.4, 0.5) is 17.1 Å². The summed E-state index contributed by atoms with van der Waals surface area (Å²) in [7, 11) is 0. The van der Waals surface area contributed by atoms with E-state index in [2.05, 4.69) is 229 Å². The minimum absolute atomic E-state index is 0.508. The zero-order valence-electron chi connectivity index (χ0n) is 30.8. The summed E-state index contributed by atoms with van der Waals surface area (Å²) in [6, 6.07) is 82.7. The normalized spacial score (nSPS) is 12.8. The smallest absolute Gasteiger partial charge is 0.0714 e. The molecule has 262 valence electrons. The summed E-state index contributed by atoms with van der Waals surface area (Å²) in [5.74, 6) is 0. The van der Waals surface area contributed by atoms with Crippen LogP contribution >= 0.6 is 0 Å². The first-order valence-corrected chi connectivity index (χ1v) is 19.4. The Kier molecular flexibility index (Phi) is 7.47. The fraction of sp³-hybridized carbons (Fsp3) is 0.0182. The zero-order valence-corrected chi connectivity index (χ0v) is 30.8. The molecule has 0 aliphatic heterocycles. The first-order chi connectivity index (χ1) is 27.8. The minimum atomic E-state index is -0.508. The largest absolute Gasteiger partial charge is 0.309 e. The molecule has 56 heavy (non-hydrogen) atoms. The van der Waals surface area contributed by atoms with Crippen molar-refractivity contribution >= 4 is 49.4 Å². The van der Waals surface area contributed by atoms with E-state index in [1.54, 1.807) is 0 Å². The fourth-order valence-corrected chi connectivity index (χ4v) is 9.58. The number of benzene rings is 10. The van der Waals surface area contributed by atoms with Gasteiger partial charge in [-0.2, -0.15) is 0 Å². The number of hydrogen-bond donors (Lipinski definition) is 0. The second-order valence-electron chi connectivity index (χ2n) is 14.8. The Morgan fingerprint density at radius 3 is 1.66 bits per heavy atom. The van der Waals surface area contributed by atoms with Crippen molar-refractivity contribution in [1.29, 1.82) is 0 Å². The van der Waals surface area contributed by atoms with Gasteiger partial charge in [-0.15, -0.1) is 0 Å². The molecule has 0 heterocycles. The van der Waals surface area contributed by atoms with Crippen LogP contribution in [0.1, 0.15) is 22.3 Å². The van der Waals surface area contributed by atoms with E-state index in [-0.39, 0.29) is 0 Å². The quantitative estimate of drug-likeness (QED) is 0.155. The van der Waals surface area contributed by atoms with E-state index < -0.39 is 5.41 Å². The second-order valence-corrected chi connectivity index (χ2v) is 14.8. The lowest BCUT2D eigenvalue weighted by atomic mass is 9.68. The average Bonchev–Trinajstić information content (AvgIpc) is 3.59. The van der Waals surface area contributed by atoms with Gasteiger partial charge >= 0.3 is 0 Å². The average molecular weight is 712 g/mol. The molecule has 0 atom stereocenters. The van der Waals surface area contributed by atoms with Crippen molar-refractivity contribution in [1.82, 2.24) is 0 Å². The van der Waals surface area contributed by atoms with Gasteiger partial charge < -0.3 is 4.90 Å². The van der Waals surface area contributed by atoms with Crippen molar-refractivity contribution in [2.24, 2.45) is 0 Å². The van der Waals surface area contributed by atoms with Crippen molar-refractivity contribution in [2.75, 3.05) is 4.90 Å². The van der Waals surface area contributed by atoms with Crippen LogP contribution in [0.25, 0.3) is 54.6 Å². The Bertz CT molecular complexity index is 3040. The summed E-state index contributed by atoms with van der Waals surface area (Å²) in [5, 5.41) is 7.41. The predicted molar refractivity (Wildman–Crippen MR) is 236 cm³/mol. The van der Waals surface area contributed by atoms with Gasteiger partial charge in [0, 0.05) is 16.6 Å². The maximum absolute atomic E-state index is 2.53. The van der Waals surface area contributed by atoms with E-state index in [1.807, 2.05) is 0 Å². The lowest BCUT2D eigenvalue weighted by Gasteiger charge is -2.34. The van der Waals surface area contributed by atoms with Crippen molar-refractivity contribution < 1.29 is 0 Å². The Balaban J connectivity index is 1.26. The van der Waals surface area contributed by atoms with E-state index in [4.69, 9.17) is 0 Å². The Labute approximate surface area is 327 Å². The lowest BCUT2D eigenvalue weighted by molar-refractivity contribution is 0.768. The third-order valence-corrected chi connectivity index (χ3v) is 11.9. The van der Waals surface area contributed by atoms with Crippen LogP contribution in [-0.4, -0.2) is 0 Å². The highest BCUT2D eigenvalue weighted by atomic mass is 15.1. The lowest BCUT2D eigenvalue weighted by Crippen LogP contribution is -2.28. The minimum Gasteiger partial charge on any atom is -0.309 e. The van der Waals surface area contributed by atoms with Crippen LogP contribution in [0.3, 0.4) is 0 Å². The third-order valence-electron chi connectivity index (χ3n) is 11.9.